The van der Waals surface area contributed by atoms with Crippen molar-refractivity contribution in [3.63, 3.8) is 0 Å². The summed E-state index contributed by atoms with van der Waals surface area (Å²) in [5.74, 6) is 0. The minimum absolute atomic E-state index is 1.18. The molecule has 2 heterocycles. The van der Waals surface area contributed by atoms with Gasteiger partial charge < -0.3 is 4.57 Å². The number of rotatable bonds is 3. The third-order valence-electron chi connectivity index (χ3n) is 12.3. The van der Waals surface area contributed by atoms with Gasteiger partial charge >= 0.3 is 0 Å². The zero-order valence-corrected chi connectivity index (χ0v) is 31.1. The Morgan fingerprint density at radius 2 is 0.964 bits per heavy atom. The van der Waals surface area contributed by atoms with Crippen molar-refractivity contribution in [2.45, 2.75) is 0 Å². The fourth-order valence-corrected chi connectivity index (χ4v) is 11.1. The molecule has 0 aliphatic carbocycles. The van der Waals surface area contributed by atoms with Crippen LogP contribution in [0.5, 0.6) is 0 Å². The highest BCUT2D eigenvalue weighted by atomic mass is 32.1. The third kappa shape index (κ3) is 4.09. The highest BCUT2D eigenvalue weighted by molar-refractivity contribution is 7.26. The SMILES string of the molecule is c1ccc(-n2c3ccc(-c4ccc5ccc6c(-c7cc8ccccc8c8ccccc78)ccc7ccc4c5c76)cc3c3ccc4c5ccccc5sc4c32)cc1. The van der Waals surface area contributed by atoms with Crippen LogP contribution in [0.15, 0.2) is 188 Å². The Morgan fingerprint density at radius 3 is 1.79 bits per heavy atom. The zero-order valence-electron chi connectivity index (χ0n) is 30.3. The average Bonchev–Trinajstić information content (AvgIpc) is 3.81. The second-order valence-corrected chi connectivity index (χ2v) is 16.2. The summed E-state index contributed by atoms with van der Waals surface area (Å²) in [5.41, 5.74) is 8.75. The van der Waals surface area contributed by atoms with Gasteiger partial charge in [0.25, 0.3) is 0 Å². The van der Waals surface area contributed by atoms with E-state index in [-0.39, 0.29) is 0 Å². The Morgan fingerprint density at radius 1 is 0.339 bits per heavy atom. The van der Waals surface area contributed by atoms with Gasteiger partial charge in [-0.2, -0.15) is 0 Å². The molecule has 0 amide bonds. The minimum Gasteiger partial charge on any atom is -0.308 e. The highest BCUT2D eigenvalue weighted by Gasteiger charge is 2.20. The van der Waals surface area contributed by atoms with E-state index in [9.17, 15) is 0 Å². The molecular formula is C54H31NS. The fraction of sp³-hybridized carbons (Fsp3) is 0. The summed E-state index contributed by atoms with van der Waals surface area (Å²) in [6, 6.07) is 70.2. The van der Waals surface area contributed by atoms with Gasteiger partial charge in [-0.1, -0.05) is 152 Å². The van der Waals surface area contributed by atoms with Crippen LogP contribution in [0.4, 0.5) is 0 Å². The molecule has 0 N–H and O–H groups in total. The quantitative estimate of drug-likeness (QED) is 0.160. The Labute approximate surface area is 326 Å². The van der Waals surface area contributed by atoms with Crippen LogP contribution in [0, 0.1) is 0 Å². The standard InChI is InChI=1S/C54H31NS/c1-2-11-36(12-3-1)55-49-29-22-35(31-48(49)45-27-28-46-42-16-8-9-17-50(42)56-54(46)53(45)55)38-23-18-32-21-26-44-41(24-19-33-20-25-43(38)51(32)52(33)44)47-30-34-10-4-5-13-37(34)39-14-6-7-15-40(39)47/h1-31H. The molecule has 258 valence electrons. The molecule has 13 aromatic rings. The van der Waals surface area contributed by atoms with E-state index in [1.165, 1.54) is 124 Å². The van der Waals surface area contributed by atoms with E-state index in [4.69, 9.17) is 0 Å². The number of fused-ring (bicyclic) bond motifs is 10. The summed E-state index contributed by atoms with van der Waals surface area (Å²) in [5, 5.41) is 18.2. The summed E-state index contributed by atoms with van der Waals surface area (Å²) < 4.78 is 5.14. The maximum atomic E-state index is 2.48. The maximum Gasteiger partial charge on any atom is 0.0719 e. The van der Waals surface area contributed by atoms with E-state index in [0.717, 1.165) is 0 Å². The van der Waals surface area contributed by atoms with Crippen LogP contribution < -0.4 is 0 Å². The van der Waals surface area contributed by atoms with Crippen molar-refractivity contribution < 1.29 is 0 Å². The lowest BCUT2D eigenvalue weighted by Crippen LogP contribution is -1.93. The van der Waals surface area contributed by atoms with E-state index in [1.807, 2.05) is 11.3 Å². The largest absolute Gasteiger partial charge is 0.308 e. The molecule has 13 rings (SSSR count). The minimum atomic E-state index is 1.18. The Balaban J connectivity index is 1.07. The van der Waals surface area contributed by atoms with Crippen molar-refractivity contribution in [1.82, 2.24) is 4.57 Å². The lowest BCUT2D eigenvalue weighted by atomic mass is 9.85. The number of nitrogens with zero attached hydrogens (tertiary/aromatic N) is 1. The first-order valence-electron chi connectivity index (χ1n) is 19.3. The average molecular weight is 726 g/mol. The van der Waals surface area contributed by atoms with E-state index in [1.54, 1.807) is 0 Å². The van der Waals surface area contributed by atoms with Crippen LogP contribution in [0.25, 0.3) is 124 Å². The second kappa shape index (κ2) is 11.3. The topological polar surface area (TPSA) is 4.93 Å². The summed E-state index contributed by atoms with van der Waals surface area (Å²) in [7, 11) is 0. The number of aromatic nitrogens is 1. The summed E-state index contributed by atoms with van der Waals surface area (Å²) in [6.45, 7) is 0. The first-order valence-corrected chi connectivity index (χ1v) is 20.2. The van der Waals surface area contributed by atoms with Crippen LogP contribution >= 0.6 is 11.3 Å². The van der Waals surface area contributed by atoms with Crippen molar-refractivity contribution in [2.24, 2.45) is 0 Å². The van der Waals surface area contributed by atoms with Crippen LogP contribution in [-0.2, 0) is 0 Å². The Bertz CT molecular complexity index is 3750. The molecule has 1 nitrogen and oxygen atoms in total. The number of thiophene rings is 1. The van der Waals surface area contributed by atoms with Crippen LogP contribution in [0.1, 0.15) is 0 Å². The molecule has 0 radical (unpaired) electrons. The normalized spacial score (nSPS) is 12.3. The third-order valence-corrected chi connectivity index (χ3v) is 13.5. The molecule has 0 aliphatic rings. The van der Waals surface area contributed by atoms with E-state index >= 15 is 0 Å². The number of hydrogen-bond donors (Lipinski definition) is 0. The van der Waals surface area contributed by atoms with Crippen LogP contribution in [0.2, 0.25) is 0 Å². The smallest absolute Gasteiger partial charge is 0.0719 e. The Hall–Kier alpha value is -7.00. The molecule has 0 atom stereocenters. The molecule has 0 aliphatic heterocycles. The van der Waals surface area contributed by atoms with Gasteiger partial charge in [-0.15, -0.1) is 11.3 Å². The van der Waals surface area contributed by atoms with Gasteiger partial charge in [0.15, 0.2) is 0 Å². The zero-order chi connectivity index (χ0) is 36.5. The second-order valence-electron chi connectivity index (χ2n) is 15.2. The summed E-state index contributed by atoms with van der Waals surface area (Å²) in [4.78, 5) is 0. The summed E-state index contributed by atoms with van der Waals surface area (Å²) in [6.07, 6.45) is 0. The molecule has 2 heteroatoms. The monoisotopic (exact) mass is 725 g/mol. The predicted octanol–water partition coefficient (Wildman–Crippen LogP) is 15.7. The predicted molar refractivity (Wildman–Crippen MR) is 243 cm³/mol. The molecule has 0 bridgehead atoms. The van der Waals surface area contributed by atoms with E-state index in [0.29, 0.717) is 0 Å². The molecule has 0 saturated heterocycles. The first kappa shape index (κ1) is 30.3. The molecule has 0 spiro atoms. The van der Waals surface area contributed by atoms with Crippen molar-refractivity contribution in [3.8, 4) is 27.9 Å². The molecule has 2 aromatic heterocycles. The lowest BCUT2D eigenvalue weighted by Gasteiger charge is -2.18. The Kier molecular flexibility index (Phi) is 6.11. The van der Waals surface area contributed by atoms with Crippen molar-refractivity contribution >= 4 is 107 Å². The molecule has 0 unspecified atom stereocenters. The fourth-order valence-electron chi connectivity index (χ4n) is 9.86. The molecule has 0 saturated carbocycles. The van der Waals surface area contributed by atoms with Crippen molar-refractivity contribution in [1.29, 1.82) is 0 Å². The highest BCUT2D eigenvalue weighted by Crippen LogP contribution is 2.47. The van der Waals surface area contributed by atoms with Gasteiger partial charge in [-0.25, -0.2) is 0 Å². The van der Waals surface area contributed by atoms with Gasteiger partial charge in [0.1, 0.15) is 0 Å². The van der Waals surface area contributed by atoms with Gasteiger partial charge in [0.2, 0.25) is 0 Å². The van der Waals surface area contributed by atoms with E-state index in [2.05, 4.69) is 193 Å². The number of benzene rings is 11. The van der Waals surface area contributed by atoms with Gasteiger partial charge in [0.05, 0.1) is 15.7 Å². The summed E-state index contributed by atoms with van der Waals surface area (Å²) >= 11 is 1.90. The molecule has 56 heavy (non-hydrogen) atoms. The molecular weight excluding hydrogens is 695 g/mol. The first-order chi connectivity index (χ1) is 27.8. The van der Waals surface area contributed by atoms with Gasteiger partial charge in [-0.05, 0) is 113 Å². The van der Waals surface area contributed by atoms with Gasteiger partial charge in [0, 0.05) is 31.9 Å². The van der Waals surface area contributed by atoms with E-state index < -0.39 is 0 Å². The van der Waals surface area contributed by atoms with Crippen LogP contribution in [0.3, 0.4) is 0 Å². The molecule has 0 fully saturated rings. The lowest BCUT2D eigenvalue weighted by molar-refractivity contribution is 1.19. The van der Waals surface area contributed by atoms with Gasteiger partial charge in [-0.3, -0.25) is 0 Å². The van der Waals surface area contributed by atoms with Crippen molar-refractivity contribution in [2.75, 3.05) is 0 Å². The van der Waals surface area contributed by atoms with Crippen LogP contribution in [-0.4, -0.2) is 4.57 Å². The molecule has 11 aromatic carbocycles. The van der Waals surface area contributed by atoms with Crippen molar-refractivity contribution in [3.05, 3.63) is 188 Å². The number of hydrogen-bond acceptors (Lipinski definition) is 1. The number of para-hydroxylation sites is 1. The maximum absolute atomic E-state index is 2.48.